The SMILES string of the molecule is O=[N+]([O-])c1ccccc1Nc1ccc(N=Nc2ccc(S(=O)(=O)O)cc2)cc1.[Na]. The Bertz CT molecular complexity index is 1130. The Morgan fingerprint density at radius 1 is 0.862 bits per heavy atom. The van der Waals surface area contributed by atoms with Crippen LogP contribution in [0, 0.1) is 10.1 Å². The van der Waals surface area contributed by atoms with E-state index in [4.69, 9.17) is 4.55 Å². The van der Waals surface area contributed by atoms with E-state index in [2.05, 4.69) is 15.5 Å². The van der Waals surface area contributed by atoms with E-state index in [-0.39, 0.29) is 40.1 Å². The zero-order valence-electron chi connectivity index (χ0n) is 15.3. The Labute approximate surface area is 188 Å². The van der Waals surface area contributed by atoms with E-state index in [9.17, 15) is 18.5 Å². The minimum atomic E-state index is -4.25. The molecular weight excluding hydrogens is 407 g/mol. The first-order valence-corrected chi connectivity index (χ1v) is 9.37. The minimum absolute atomic E-state index is 0. The summed E-state index contributed by atoms with van der Waals surface area (Å²) in [5.74, 6) is 0. The molecule has 3 aromatic rings. The van der Waals surface area contributed by atoms with Gasteiger partial charge in [-0.05, 0) is 54.6 Å². The molecule has 0 spiro atoms. The normalized spacial score (nSPS) is 11.1. The first-order valence-electron chi connectivity index (χ1n) is 7.93. The van der Waals surface area contributed by atoms with Crippen LogP contribution in [0.2, 0.25) is 0 Å². The molecule has 11 heteroatoms. The van der Waals surface area contributed by atoms with Gasteiger partial charge in [-0.3, -0.25) is 14.7 Å². The van der Waals surface area contributed by atoms with Crippen LogP contribution in [0.25, 0.3) is 0 Å². The summed E-state index contributed by atoms with van der Waals surface area (Å²) in [4.78, 5) is 10.4. The third-order valence-corrected chi connectivity index (χ3v) is 4.53. The number of nitro benzene ring substituents is 1. The molecule has 0 saturated heterocycles. The molecule has 0 heterocycles. The molecule has 2 N–H and O–H groups in total. The van der Waals surface area contributed by atoms with E-state index in [0.29, 0.717) is 22.7 Å². The molecule has 143 valence electrons. The number of hydrogen-bond acceptors (Lipinski definition) is 7. The Kier molecular flexibility index (Phi) is 7.59. The van der Waals surface area contributed by atoms with Gasteiger partial charge in [-0.2, -0.15) is 18.6 Å². The quantitative estimate of drug-likeness (QED) is 0.196. The van der Waals surface area contributed by atoms with Gasteiger partial charge in [0.2, 0.25) is 0 Å². The molecule has 9 nitrogen and oxygen atoms in total. The molecule has 0 aliphatic rings. The van der Waals surface area contributed by atoms with Crippen LogP contribution < -0.4 is 5.32 Å². The van der Waals surface area contributed by atoms with Gasteiger partial charge in [0, 0.05) is 41.3 Å². The predicted octanol–water partition coefficient (Wildman–Crippen LogP) is 4.62. The number of anilines is 2. The summed E-state index contributed by atoms with van der Waals surface area (Å²) in [5.41, 5.74) is 1.94. The maximum absolute atomic E-state index is 11.1. The van der Waals surface area contributed by atoms with Crippen LogP contribution in [-0.2, 0) is 10.1 Å². The fourth-order valence-electron chi connectivity index (χ4n) is 2.31. The fourth-order valence-corrected chi connectivity index (χ4v) is 2.79. The summed E-state index contributed by atoms with van der Waals surface area (Å²) < 4.78 is 30.9. The molecule has 0 fully saturated rings. The molecule has 0 aliphatic heterocycles. The van der Waals surface area contributed by atoms with Gasteiger partial charge in [0.25, 0.3) is 15.8 Å². The molecule has 0 aliphatic carbocycles. The van der Waals surface area contributed by atoms with Crippen molar-refractivity contribution >= 4 is 68.1 Å². The molecule has 0 saturated carbocycles. The van der Waals surface area contributed by atoms with Crippen molar-refractivity contribution in [2.75, 3.05) is 5.32 Å². The molecular formula is C18H14N4NaO5S. The Morgan fingerprint density at radius 3 is 1.90 bits per heavy atom. The Balaban J connectivity index is 0.00000300. The van der Waals surface area contributed by atoms with E-state index in [0.717, 1.165) is 0 Å². The summed E-state index contributed by atoms with van der Waals surface area (Å²) in [7, 11) is -4.25. The Hall–Kier alpha value is -2.63. The van der Waals surface area contributed by atoms with E-state index in [1.807, 2.05) is 0 Å². The van der Waals surface area contributed by atoms with Gasteiger partial charge in [0.1, 0.15) is 5.69 Å². The smallest absolute Gasteiger partial charge is 0.294 e. The van der Waals surface area contributed by atoms with Crippen molar-refractivity contribution in [2.24, 2.45) is 10.2 Å². The monoisotopic (exact) mass is 421 g/mol. The maximum atomic E-state index is 11.1. The number of benzene rings is 3. The van der Waals surface area contributed by atoms with Crippen molar-refractivity contribution in [1.82, 2.24) is 0 Å². The summed E-state index contributed by atoms with van der Waals surface area (Å²) >= 11 is 0. The molecule has 3 aromatic carbocycles. The van der Waals surface area contributed by atoms with Crippen LogP contribution in [-0.4, -0.2) is 47.5 Å². The number of nitro groups is 1. The van der Waals surface area contributed by atoms with E-state index in [1.165, 1.54) is 30.3 Å². The second-order valence-electron chi connectivity index (χ2n) is 5.62. The fraction of sp³-hybridized carbons (Fsp3) is 0. The summed E-state index contributed by atoms with van der Waals surface area (Å²) in [6.45, 7) is 0. The molecule has 0 bridgehead atoms. The van der Waals surface area contributed by atoms with Gasteiger partial charge in [-0.15, -0.1) is 0 Å². The third-order valence-electron chi connectivity index (χ3n) is 3.66. The van der Waals surface area contributed by atoms with Crippen molar-refractivity contribution < 1.29 is 17.9 Å². The van der Waals surface area contributed by atoms with Crippen molar-refractivity contribution in [3.05, 3.63) is 82.9 Å². The van der Waals surface area contributed by atoms with Crippen LogP contribution in [0.15, 0.2) is 87.9 Å². The largest absolute Gasteiger partial charge is 0.350 e. The zero-order chi connectivity index (χ0) is 20.1. The summed E-state index contributed by atoms with van der Waals surface area (Å²) in [6, 6.07) is 18.3. The zero-order valence-corrected chi connectivity index (χ0v) is 18.1. The topological polar surface area (TPSA) is 134 Å². The maximum Gasteiger partial charge on any atom is 0.294 e. The summed E-state index contributed by atoms with van der Waals surface area (Å²) in [5, 5.41) is 22.1. The van der Waals surface area contributed by atoms with Gasteiger partial charge in [-0.1, -0.05) is 12.1 Å². The standard InChI is InChI=1S/C18H14N4O5S.Na/c23-22(24)18-4-2-1-3-17(18)19-13-5-7-14(8-6-13)20-21-15-9-11-16(12-10-15)28(25,26)27;/h1-12,19H,(H,25,26,27);. The molecule has 29 heavy (non-hydrogen) atoms. The van der Waals surface area contributed by atoms with Crippen molar-refractivity contribution in [3.8, 4) is 0 Å². The second-order valence-corrected chi connectivity index (χ2v) is 7.04. The van der Waals surface area contributed by atoms with Crippen LogP contribution in [0.5, 0.6) is 0 Å². The molecule has 0 amide bonds. The Morgan fingerprint density at radius 2 is 1.38 bits per heavy atom. The number of rotatable bonds is 6. The van der Waals surface area contributed by atoms with Crippen molar-refractivity contribution in [1.29, 1.82) is 0 Å². The first kappa shape index (κ1) is 22.7. The molecule has 3 rings (SSSR count). The van der Waals surface area contributed by atoms with Crippen LogP contribution in [0.4, 0.5) is 28.4 Å². The van der Waals surface area contributed by atoms with E-state index in [1.54, 1.807) is 42.5 Å². The average molecular weight is 421 g/mol. The molecule has 0 unspecified atom stereocenters. The van der Waals surface area contributed by atoms with Gasteiger partial charge in [0.15, 0.2) is 0 Å². The number of nitrogens with one attached hydrogen (secondary N) is 1. The number of nitrogens with zero attached hydrogens (tertiary/aromatic N) is 3. The predicted molar refractivity (Wildman–Crippen MR) is 109 cm³/mol. The van der Waals surface area contributed by atoms with Crippen LogP contribution in [0.3, 0.4) is 0 Å². The van der Waals surface area contributed by atoms with E-state index >= 15 is 0 Å². The third kappa shape index (κ3) is 6.17. The van der Waals surface area contributed by atoms with Gasteiger partial charge in [0.05, 0.1) is 21.2 Å². The van der Waals surface area contributed by atoms with Gasteiger partial charge in [-0.25, -0.2) is 0 Å². The number of azo groups is 1. The summed E-state index contributed by atoms with van der Waals surface area (Å²) in [6.07, 6.45) is 0. The average Bonchev–Trinajstić information content (AvgIpc) is 2.67. The minimum Gasteiger partial charge on any atom is -0.350 e. The van der Waals surface area contributed by atoms with Gasteiger partial charge >= 0.3 is 0 Å². The second kappa shape index (κ2) is 9.72. The van der Waals surface area contributed by atoms with Crippen molar-refractivity contribution in [2.45, 2.75) is 4.90 Å². The molecule has 0 aromatic heterocycles. The molecule has 1 radical (unpaired) electrons. The van der Waals surface area contributed by atoms with Crippen molar-refractivity contribution in [3.63, 3.8) is 0 Å². The number of para-hydroxylation sites is 2. The van der Waals surface area contributed by atoms with E-state index < -0.39 is 15.0 Å². The van der Waals surface area contributed by atoms with Crippen LogP contribution in [0.1, 0.15) is 0 Å². The van der Waals surface area contributed by atoms with Gasteiger partial charge < -0.3 is 5.32 Å². The first-order chi connectivity index (χ1) is 13.3. The van der Waals surface area contributed by atoms with Crippen LogP contribution >= 0.6 is 0 Å². The number of hydrogen-bond donors (Lipinski definition) is 2. The molecule has 0 atom stereocenters.